The van der Waals surface area contributed by atoms with Gasteiger partial charge in [0.05, 0.1) is 0 Å². The number of nitrogens with one attached hydrogen (secondary N) is 1. The van der Waals surface area contributed by atoms with Gasteiger partial charge in [0.15, 0.2) is 5.84 Å². The second kappa shape index (κ2) is 13.6. The summed E-state index contributed by atoms with van der Waals surface area (Å²) in [5.41, 5.74) is 11.6. The Morgan fingerprint density at radius 3 is 1.96 bits per heavy atom. The normalized spacial score (nSPS) is 14.1. The van der Waals surface area contributed by atoms with Crippen molar-refractivity contribution in [2.75, 3.05) is 0 Å². The summed E-state index contributed by atoms with van der Waals surface area (Å²) in [4.78, 5) is 10.3. The average molecular weight is 730 g/mol. The van der Waals surface area contributed by atoms with Crippen LogP contribution in [0.1, 0.15) is 22.9 Å². The highest BCUT2D eigenvalue weighted by atomic mass is 16.3. The van der Waals surface area contributed by atoms with Gasteiger partial charge >= 0.3 is 0 Å². The van der Waals surface area contributed by atoms with E-state index in [-0.39, 0.29) is 6.17 Å². The predicted molar refractivity (Wildman–Crippen MR) is 237 cm³/mol. The van der Waals surface area contributed by atoms with E-state index in [1.807, 2.05) is 18.2 Å². The molecule has 0 aliphatic carbocycles. The molecule has 0 fully saturated rings. The first kappa shape index (κ1) is 32.8. The molecule has 268 valence electrons. The van der Waals surface area contributed by atoms with Crippen molar-refractivity contribution in [3.63, 3.8) is 0 Å². The van der Waals surface area contributed by atoms with Crippen molar-refractivity contribution in [3.8, 4) is 33.4 Å². The van der Waals surface area contributed by atoms with Gasteiger partial charge in [0.25, 0.3) is 0 Å². The third-order valence-corrected chi connectivity index (χ3v) is 11.1. The molecule has 0 saturated carbocycles. The third kappa shape index (κ3) is 5.96. The van der Waals surface area contributed by atoms with E-state index < -0.39 is 0 Å². The minimum absolute atomic E-state index is 0.352. The number of aliphatic imine (C=N–C) groups is 2. The van der Waals surface area contributed by atoms with Crippen molar-refractivity contribution < 1.29 is 4.42 Å². The van der Waals surface area contributed by atoms with Crippen molar-refractivity contribution in [3.05, 3.63) is 217 Å². The number of amidine groups is 2. The van der Waals surface area contributed by atoms with Crippen LogP contribution in [0.25, 0.3) is 76.9 Å². The Morgan fingerprint density at radius 1 is 0.404 bits per heavy atom. The first-order valence-electron chi connectivity index (χ1n) is 19.3. The maximum absolute atomic E-state index is 6.54. The van der Waals surface area contributed by atoms with Crippen LogP contribution in [0.5, 0.6) is 0 Å². The zero-order chi connectivity index (χ0) is 37.7. The first-order valence-corrected chi connectivity index (χ1v) is 19.3. The van der Waals surface area contributed by atoms with Gasteiger partial charge in [0, 0.05) is 21.9 Å². The third-order valence-electron chi connectivity index (χ3n) is 11.1. The fourth-order valence-electron chi connectivity index (χ4n) is 8.26. The largest absolute Gasteiger partial charge is 0.456 e. The standard InChI is InChI=1S/C53H35N3O/c1-2-13-37(14-3-1)51-54-52(38-26-24-36(25-27-38)45-20-9-16-35-12-6-7-19-44(35)45)56-53(55-51)43-18-8-17-42(32-43)46-21-10-22-48-50(46)47-30-29-41(33-49(47)57-48)40-28-23-34-11-4-5-15-39(34)31-40/h1-33,53H,(H,54,55,56). The molecule has 0 radical (unpaired) electrons. The Bertz CT molecular complexity index is 3210. The number of furan rings is 1. The molecule has 2 heterocycles. The van der Waals surface area contributed by atoms with Gasteiger partial charge in [-0.15, -0.1) is 0 Å². The second-order valence-electron chi connectivity index (χ2n) is 14.6. The molecule has 11 rings (SSSR count). The van der Waals surface area contributed by atoms with Crippen molar-refractivity contribution >= 4 is 55.2 Å². The minimum Gasteiger partial charge on any atom is -0.456 e. The van der Waals surface area contributed by atoms with E-state index >= 15 is 0 Å². The van der Waals surface area contributed by atoms with Gasteiger partial charge in [-0.2, -0.15) is 0 Å². The smallest absolute Gasteiger partial charge is 0.159 e. The number of hydrogen-bond donors (Lipinski definition) is 1. The number of benzene rings is 9. The summed E-state index contributed by atoms with van der Waals surface area (Å²) in [6.07, 6.45) is -0.352. The van der Waals surface area contributed by atoms with E-state index in [9.17, 15) is 0 Å². The molecule has 1 unspecified atom stereocenters. The maximum Gasteiger partial charge on any atom is 0.159 e. The fourth-order valence-corrected chi connectivity index (χ4v) is 8.26. The molecule has 1 aliphatic heterocycles. The van der Waals surface area contributed by atoms with Crippen molar-refractivity contribution in [1.29, 1.82) is 0 Å². The molecule has 0 amide bonds. The molecular formula is C53H35N3O. The lowest BCUT2D eigenvalue weighted by molar-refractivity contribution is 0.669. The zero-order valence-electron chi connectivity index (χ0n) is 30.9. The van der Waals surface area contributed by atoms with Gasteiger partial charge < -0.3 is 9.73 Å². The van der Waals surface area contributed by atoms with Crippen molar-refractivity contribution in [2.24, 2.45) is 9.98 Å². The van der Waals surface area contributed by atoms with Gasteiger partial charge in [-0.3, -0.25) is 0 Å². The summed E-state index contributed by atoms with van der Waals surface area (Å²) in [6, 6.07) is 70.6. The molecule has 4 heteroatoms. The number of rotatable bonds is 6. The van der Waals surface area contributed by atoms with Crippen LogP contribution in [-0.2, 0) is 0 Å². The van der Waals surface area contributed by atoms with Crippen LogP contribution in [0.4, 0.5) is 0 Å². The highest BCUT2D eigenvalue weighted by molar-refractivity contribution is 6.14. The van der Waals surface area contributed by atoms with Gasteiger partial charge in [0.2, 0.25) is 0 Å². The number of nitrogens with zero attached hydrogens (tertiary/aromatic N) is 2. The Kier molecular flexibility index (Phi) is 7.85. The summed E-state index contributed by atoms with van der Waals surface area (Å²) in [5.74, 6) is 1.48. The predicted octanol–water partition coefficient (Wildman–Crippen LogP) is 13.4. The summed E-state index contributed by atoms with van der Waals surface area (Å²) >= 11 is 0. The van der Waals surface area contributed by atoms with E-state index in [2.05, 4.69) is 187 Å². The Balaban J connectivity index is 0.964. The highest BCUT2D eigenvalue weighted by Crippen LogP contribution is 2.39. The summed E-state index contributed by atoms with van der Waals surface area (Å²) < 4.78 is 6.54. The lowest BCUT2D eigenvalue weighted by atomic mass is 9.96. The summed E-state index contributed by atoms with van der Waals surface area (Å²) in [6.45, 7) is 0. The van der Waals surface area contributed by atoms with Gasteiger partial charge in [-0.25, -0.2) is 9.98 Å². The average Bonchev–Trinajstić information content (AvgIpc) is 3.67. The van der Waals surface area contributed by atoms with E-state index in [1.165, 1.54) is 32.7 Å². The molecular weight excluding hydrogens is 695 g/mol. The lowest BCUT2D eigenvalue weighted by Gasteiger charge is -2.24. The molecule has 0 spiro atoms. The van der Waals surface area contributed by atoms with Gasteiger partial charge in [-0.05, 0) is 90.8 Å². The van der Waals surface area contributed by atoms with Crippen LogP contribution in [-0.4, -0.2) is 11.7 Å². The Morgan fingerprint density at radius 2 is 1.07 bits per heavy atom. The molecule has 10 aromatic rings. The molecule has 0 saturated heterocycles. The highest BCUT2D eigenvalue weighted by Gasteiger charge is 2.22. The number of fused-ring (bicyclic) bond motifs is 5. The SMILES string of the molecule is c1ccc(C2=NC(c3ccc(-c4cccc5ccccc45)cc3)=NC(c3cccc(-c4cccc5oc6cc(-c7ccc8ccccc8c7)ccc6c45)c3)N2)cc1. The van der Waals surface area contributed by atoms with Crippen molar-refractivity contribution in [2.45, 2.75) is 6.17 Å². The lowest BCUT2D eigenvalue weighted by Crippen LogP contribution is -2.33. The summed E-state index contributed by atoms with van der Waals surface area (Å²) in [5, 5.41) is 10.8. The molecule has 1 aliphatic rings. The minimum atomic E-state index is -0.352. The Hall–Kier alpha value is -7.56. The molecule has 57 heavy (non-hydrogen) atoms. The molecule has 1 aromatic heterocycles. The zero-order valence-corrected chi connectivity index (χ0v) is 30.9. The van der Waals surface area contributed by atoms with E-state index in [1.54, 1.807) is 0 Å². The van der Waals surface area contributed by atoms with Crippen molar-refractivity contribution in [1.82, 2.24) is 5.32 Å². The van der Waals surface area contributed by atoms with Gasteiger partial charge in [-0.1, -0.05) is 170 Å². The second-order valence-corrected chi connectivity index (χ2v) is 14.6. The van der Waals surface area contributed by atoms with Gasteiger partial charge in [0.1, 0.15) is 23.2 Å². The molecule has 1 N–H and O–H groups in total. The molecule has 4 nitrogen and oxygen atoms in total. The van der Waals surface area contributed by atoms with E-state index in [0.717, 1.165) is 66.7 Å². The molecule has 0 bridgehead atoms. The fraction of sp³-hybridized carbons (Fsp3) is 0.0189. The quantitative estimate of drug-likeness (QED) is 0.185. The monoisotopic (exact) mass is 729 g/mol. The first-order chi connectivity index (χ1) is 28.2. The topological polar surface area (TPSA) is 49.9 Å². The van der Waals surface area contributed by atoms with Crippen LogP contribution >= 0.6 is 0 Å². The van der Waals surface area contributed by atoms with E-state index in [4.69, 9.17) is 14.4 Å². The van der Waals surface area contributed by atoms with Crippen LogP contribution in [0.2, 0.25) is 0 Å². The number of hydrogen-bond acceptors (Lipinski definition) is 4. The molecule has 9 aromatic carbocycles. The Labute approximate surface area is 330 Å². The summed E-state index contributed by atoms with van der Waals surface area (Å²) in [7, 11) is 0. The van der Waals surface area contributed by atoms with Crippen LogP contribution in [0.15, 0.2) is 215 Å². The van der Waals surface area contributed by atoms with Crippen LogP contribution in [0, 0.1) is 0 Å². The maximum atomic E-state index is 6.54. The van der Waals surface area contributed by atoms with Crippen LogP contribution < -0.4 is 5.32 Å². The van der Waals surface area contributed by atoms with E-state index in [0.29, 0.717) is 5.84 Å². The van der Waals surface area contributed by atoms with Crippen LogP contribution in [0.3, 0.4) is 0 Å². The molecule has 1 atom stereocenters.